The van der Waals surface area contributed by atoms with Crippen LogP contribution in [0.15, 0.2) is 29.2 Å². The first-order chi connectivity index (χ1) is 15.8. The second-order valence-corrected chi connectivity index (χ2v) is 12.3. The second-order valence-electron chi connectivity index (χ2n) is 8.62. The van der Waals surface area contributed by atoms with E-state index in [1.807, 2.05) is 37.6 Å². The molecule has 1 aliphatic rings. The quantitative estimate of drug-likeness (QED) is 0.332. The number of halogens is 4. The summed E-state index contributed by atoms with van der Waals surface area (Å²) in [6.07, 6.45) is 0. The number of nitrogens with one attached hydrogen (secondary N) is 1. The summed E-state index contributed by atoms with van der Waals surface area (Å²) in [5.41, 5.74) is -0.395. The molecule has 2 radical (unpaired) electrons. The topological polar surface area (TPSA) is 74.8 Å². The Morgan fingerprint density at radius 1 is 1.29 bits per heavy atom. The minimum atomic E-state index is -4.79. The summed E-state index contributed by atoms with van der Waals surface area (Å²) in [4.78, 5) is 5.82. The van der Waals surface area contributed by atoms with Crippen LogP contribution in [0.25, 0.3) is 0 Å². The molecular formula is C21H26ClF3N4O3SSi. The number of likely N-dealkylation sites (N-methyl/N-ethyl adjacent to an activating group) is 1. The van der Waals surface area contributed by atoms with Gasteiger partial charge in [0.15, 0.2) is 10.7 Å². The Bertz CT molecular complexity index is 1190. The highest BCUT2D eigenvalue weighted by atomic mass is 35.5. The molecule has 0 spiro atoms. The molecule has 1 atom stereocenters. The van der Waals surface area contributed by atoms with E-state index in [1.165, 1.54) is 6.07 Å². The van der Waals surface area contributed by atoms with Gasteiger partial charge in [-0.1, -0.05) is 17.7 Å². The van der Waals surface area contributed by atoms with Gasteiger partial charge < -0.3 is 14.5 Å². The van der Waals surface area contributed by atoms with Crippen LogP contribution in [0, 0.1) is 17.6 Å². The van der Waals surface area contributed by atoms with Gasteiger partial charge in [0.05, 0.1) is 20.4 Å². The summed E-state index contributed by atoms with van der Waals surface area (Å²) < 4.78 is 76.9. The summed E-state index contributed by atoms with van der Waals surface area (Å²) in [7, 11) is 1.09. The predicted octanol–water partition coefficient (Wildman–Crippen LogP) is 3.58. The zero-order valence-electron chi connectivity index (χ0n) is 19.4. The molecule has 1 aromatic heterocycles. The van der Waals surface area contributed by atoms with E-state index >= 15 is 8.78 Å². The Hall–Kier alpha value is -1.86. The van der Waals surface area contributed by atoms with Gasteiger partial charge in [0, 0.05) is 31.8 Å². The number of anilines is 2. The number of benzene rings is 1. The Morgan fingerprint density at radius 2 is 1.97 bits per heavy atom. The molecule has 1 saturated heterocycles. The van der Waals surface area contributed by atoms with Crippen molar-refractivity contribution in [3.63, 3.8) is 0 Å². The average molecular weight is 535 g/mol. The Balaban J connectivity index is 2.01. The third-order valence-electron chi connectivity index (χ3n) is 6.32. The van der Waals surface area contributed by atoms with Crippen molar-refractivity contribution in [2.24, 2.45) is 0 Å². The van der Waals surface area contributed by atoms with Crippen molar-refractivity contribution in [3.8, 4) is 0 Å². The number of aromatic nitrogens is 1. The van der Waals surface area contributed by atoms with Gasteiger partial charge in [-0.15, -0.1) is 0 Å². The summed E-state index contributed by atoms with van der Waals surface area (Å²) in [6.45, 7) is 4.81. The minimum absolute atomic E-state index is 0.0278. The summed E-state index contributed by atoms with van der Waals surface area (Å²) in [5.74, 6) is -4.15. The fraction of sp³-hybridized carbons (Fsp3) is 0.476. The molecule has 0 amide bonds. The van der Waals surface area contributed by atoms with Crippen molar-refractivity contribution in [2.75, 3.05) is 43.9 Å². The molecule has 3 rings (SSSR count). The highest BCUT2D eigenvalue weighted by Gasteiger charge is 2.50. The third-order valence-corrected chi connectivity index (χ3v) is 10.1. The lowest BCUT2D eigenvalue weighted by Crippen LogP contribution is -2.69. The number of nitrogens with zero attached hydrogens (tertiary/aromatic N) is 3. The molecule has 186 valence electrons. The first-order valence-electron chi connectivity index (χ1n) is 10.3. The van der Waals surface area contributed by atoms with Crippen molar-refractivity contribution < 1.29 is 26.3 Å². The summed E-state index contributed by atoms with van der Waals surface area (Å²) in [6, 6.07) is 4.95. The van der Waals surface area contributed by atoms with Gasteiger partial charge in [-0.25, -0.2) is 22.2 Å². The minimum Gasteiger partial charge on any atom is -0.379 e. The van der Waals surface area contributed by atoms with Crippen LogP contribution in [-0.2, 0) is 14.8 Å². The van der Waals surface area contributed by atoms with Crippen molar-refractivity contribution >= 4 is 42.6 Å². The number of hydrogen-bond donors (Lipinski definition) is 1. The highest BCUT2D eigenvalue weighted by molar-refractivity contribution is 7.92. The SMILES string of the molecule is CO[C@]1(C(C)(C)N(C)C)CN(c2cc(F)c(S(=O)(=O)Nc3cccc(F)n3)c(F)c2Cl)CC[Si]1. The smallest absolute Gasteiger partial charge is 0.268 e. The predicted molar refractivity (Wildman–Crippen MR) is 127 cm³/mol. The maximum atomic E-state index is 15.2. The van der Waals surface area contributed by atoms with Gasteiger partial charge in [0.1, 0.15) is 16.7 Å². The van der Waals surface area contributed by atoms with Gasteiger partial charge in [-0.2, -0.15) is 4.39 Å². The van der Waals surface area contributed by atoms with Crippen molar-refractivity contribution in [3.05, 3.63) is 46.9 Å². The fourth-order valence-electron chi connectivity index (χ4n) is 3.86. The third kappa shape index (κ3) is 4.78. The summed E-state index contributed by atoms with van der Waals surface area (Å²) in [5, 5.41) is -1.19. The molecular weight excluding hydrogens is 509 g/mol. The normalized spacial score (nSPS) is 19.5. The maximum absolute atomic E-state index is 15.2. The average Bonchev–Trinajstić information content (AvgIpc) is 2.75. The Labute approximate surface area is 205 Å². The Kier molecular flexibility index (Phi) is 7.59. The molecule has 0 saturated carbocycles. The maximum Gasteiger partial charge on any atom is 0.268 e. The number of methoxy groups -OCH3 is 1. The largest absolute Gasteiger partial charge is 0.379 e. The zero-order valence-corrected chi connectivity index (χ0v) is 22.0. The van der Waals surface area contributed by atoms with Crippen LogP contribution in [0.2, 0.25) is 11.1 Å². The lowest BCUT2D eigenvalue weighted by molar-refractivity contribution is -0.0487. The standard InChI is InChI=1S/C21H26ClF3N4O3SSi/c1-20(2,28(3)4)21(32-5)12-29(9-10-34-21)14-11-13(23)19(18(25)17(14)22)33(30,31)27-16-8-6-7-15(24)26-16/h6-8,11H,9-10,12H2,1-5H3,(H,26,27)/t21-/m1/s1. The van der Waals surface area contributed by atoms with Crippen LogP contribution in [0.5, 0.6) is 0 Å². The van der Waals surface area contributed by atoms with Gasteiger partial charge in [-0.3, -0.25) is 4.72 Å². The van der Waals surface area contributed by atoms with Crippen molar-refractivity contribution in [2.45, 2.75) is 35.6 Å². The number of rotatable bonds is 7. The van der Waals surface area contributed by atoms with Gasteiger partial charge in [-0.05, 0) is 46.1 Å². The molecule has 0 bridgehead atoms. The van der Waals surface area contributed by atoms with Crippen LogP contribution in [-0.4, -0.2) is 72.9 Å². The molecule has 1 aromatic carbocycles. The number of sulfonamides is 1. The van der Waals surface area contributed by atoms with Crippen LogP contribution in [0.1, 0.15) is 13.8 Å². The molecule has 1 aliphatic heterocycles. The first kappa shape index (κ1) is 26.7. The van der Waals surface area contributed by atoms with Crippen LogP contribution in [0.3, 0.4) is 0 Å². The van der Waals surface area contributed by atoms with Crippen LogP contribution in [0.4, 0.5) is 24.7 Å². The molecule has 34 heavy (non-hydrogen) atoms. The molecule has 0 aliphatic carbocycles. The Morgan fingerprint density at radius 3 is 2.56 bits per heavy atom. The van der Waals surface area contributed by atoms with E-state index in [2.05, 4.69) is 4.98 Å². The van der Waals surface area contributed by atoms with E-state index in [9.17, 15) is 12.8 Å². The van der Waals surface area contributed by atoms with Gasteiger partial charge in [0.25, 0.3) is 10.0 Å². The van der Waals surface area contributed by atoms with Crippen molar-refractivity contribution in [1.82, 2.24) is 9.88 Å². The van der Waals surface area contributed by atoms with Crippen molar-refractivity contribution in [1.29, 1.82) is 0 Å². The van der Waals surface area contributed by atoms with E-state index in [4.69, 9.17) is 16.3 Å². The molecule has 2 heterocycles. The second kappa shape index (κ2) is 9.65. The molecule has 1 fully saturated rings. The number of ether oxygens (including phenoxy) is 1. The van der Waals surface area contributed by atoms with Gasteiger partial charge in [0.2, 0.25) is 5.95 Å². The zero-order chi connectivity index (χ0) is 25.5. The van der Waals surface area contributed by atoms with E-state index in [0.29, 0.717) is 28.7 Å². The molecule has 0 unspecified atom stereocenters. The highest BCUT2D eigenvalue weighted by Crippen LogP contribution is 2.40. The molecule has 1 N–H and O–H groups in total. The van der Waals surface area contributed by atoms with Crippen LogP contribution >= 0.6 is 11.6 Å². The molecule has 7 nitrogen and oxygen atoms in total. The van der Waals surface area contributed by atoms with E-state index in [1.54, 1.807) is 12.0 Å². The van der Waals surface area contributed by atoms with Gasteiger partial charge >= 0.3 is 0 Å². The monoisotopic (exact) mass is 534 g/mol. The molecule has 13 heteroatoms. The number of hydrogen-bond acceptors (Lipinski definition) is 6. The van der Waals surface area contributed by atoms with E-state index < -0.39 is 54.1 Å². The summed E-state index contributed by atoms with van der Waals surface area (Å²) >= 11 is 6.25. The lowest BCUT2D eigenvalue weighted by atomic mass is 9.93. The fourth-order valence-corrected chi connectivity index (χ4v) is 7.21. The lowest BCUT2D eigenvalue weighted by Gasteiger charge is -2.54. The van der Waals surface area contributed by atoms with Crippen LogP contribution < -0.4 is 9.62 Å². The van der Waals surface area contributed by atoms with E-state index in [-0.39, 0.29) is 5.69 Å². The molecule has 2 aromatic rings. The van der Waals surface area contributed by atoms with E-state index in [0.717, 1.165) is 18.2 Å². The first-order valence-corrected chi connectivity index (χ1v) is 13.4. The number of pyridine rings is 1.